The van der Waals surface area contributed by atoms with Gasteiger partial charge in [0.2, 0.25) is 0 Å². The van der Waals surface area contributed by atoms with Crippen LogP contribution in [0.15, 0.2) is 59.7 Å². The maximum Gasteiger partial charge on any atom is 0.514 e. The van der Waals surface area contributed by atoms with Gasteiger partial charge in [-0.25, -0.2) is 9.59 Å². The molecule has 6 bridgehead atoms. The number of amides is 1. The number of non-ortho nitro benzene ring substituents is 1. The lowest BCUT2D eigenvalue weighted by atomic mass is 9.68. The molecular weight excluding hydrogens is 1340 g/mol. The number of nitrogens with zero attached hydrogens (tertiary/aromatic N) is 4. The van der Waals surface area contributed by atoms with Gasteiger partial charge in [0.1, 0.15) is 82.1 Å². The number of allylic oxidation sites excluding steroid dienone is 3. The number of methoxy groups -OCH3 is 3. The van der Waals surface area contributed by atoms with Gasteiger partial charge in [-0.3, -0.25) is 14.9 Å². The van der Waals surface area contributed by atoms with Crippen molar-refractivity contribution in [3.8, 4) is 5.75 Å². The molecule has 0 radical (unpaired) electrons. The number of fused-ring (bicyclic) bond motifs is 9. The molecule has 18 aliphatic rings. The second-order valence-electron chi connectivity index (χ2n) is 34.2. The van der Waals surface area contributed by atoms with Gasteiger partial charge in [0.15, 0.2) is 0 Å². The molecule has 15 saturated heterocycles. The van der Waals surface area contributed by atoms with Crippen molar-refractivity contribution in [3.05, 3.63) is 69.8 Å². The molecule has 21 atom stereocenters. The smallest absolute Gasteiger partial charge is 0.460 e. The van der Waals surface area contributed by atoms with Crippen molar-refractivity contribution in [2.75, 3.05) is 100 Å². The first kappa shape index (κ1) is 81.3. The number of nitrogens with one attached hydrogen (secondary N) is 1. The van der Waals surface area contributed by atoms with Crippen molar-refractivity contribution in [1.82, 2.24) is 20.0 Å². The van der Waals surface area contributed by atoms with Crippen LogP contribution in [-0.2, 0) is 61.6 Å². The number of hydrogen-bond acceptors (Lipinski definition) is 22. The van der Waals surface area contributed by atoms with Crippen molar-refractivity contribution < 1.29 is 80.9 Å². The summed E-state index contributed by atoms with van der Waals surface area (Å²) in [7, 11) is 5.06. The summed E-state index contributed by atoms with van der Waals surface area (Å²) >= 11 is 0. The van der Waals surface area contributed by atoms with Crippen molar-refractivity contribution in [2.45, 2.75) is 274 Å². The molecule has 590 valence electrons. The standard InChI is InChI=1S/C25H39NO5.C24H38N2O5.C23H29NO8.C7H14N2.2CH4/c1-16(2)5-6-20-24(3,31-20)23-22(28-4)19(7-10-25(23)15-29-25)30-21(27)13-18-14-26-11-8-17(18)9-12-26;1-15(2)5-6-19-23(3,31-19)21-20(28-4)18(7-10-24(21)14-29-24)30-22(27)25-17-13-26-11-8-16(17)9-12-26;1-14(2)5-10-18-22(3,32-18)20-19(28-4)17(11-12-23(20)13-29-23)31-21(25)30-16-8-6-15(7-9-16)24(26)27;8-7-5-9-3-1-6(7)2-4-9;;/h5,17-20,22-23H,6-15H2,1-4H3;5,16-21H,6-14H2,1-4H3,(H,25,27);5-10,14,17-20H,11-13H2,1-4H3;6-7H,1-5,8H2;2*1H4/b;;10-5+;;;/t18?,19-,20-,22-,23-,24+,25+;17?,18-,19-,20-,21?,23+,24+;17-,18-,19-,20?,22+,23+;;;/m111.../s1. The Morgan fingerprint density at radius 1 is 0.610 bits per heavy atom. The monoisotopic (exact) mass is 1470 g/mol. The number of carbonyl (C=O) groups is 3. The van der Waals surface area contributed by atoms with Gasteiger partial charge in [-0.05, 0) is 219 Å². The van der Waals surface area contributed by atoms with E-state index in [-0.39, 0.29) is 133 Å². The second-order valence-corrected chi connectivity index (χ2v) is 34.2. The minimum atomic E-state index is -0.879. The highest BCUT2D eigenvalue weighted by molar-refractivity contribution is 5.70. The van der Waals surface area contributed by atoms with E-state index in [2.05, 4.69) is 107 Å². The Balaban J connectivity index is 0.000000147. The van der Waals surface area contributed by atoms with Gasteiger partial charge in [0, 0.05) is 71.6 Å². The predicted octanol–water partition coefficient (Wildman–Crippen LogP) is 11.6. The number of rotatable bonds is 20. The first-order chi connectivity index (χ1) is 49.2. The molecule has 24 nitrogen and oxygen atoms in total. The fourth-order valence-corrected chi connectivity index (χ4v) is 20.2. The third-order valence-electron chi connectivity index (χ3n) is 26.5. The average molecular weight is 1470 g/mol. The molecule has 18 fully saturated rings. The molecule has 24 heteroatoms. The molecule has 0 aromatic heterocycles. The van der Waals surface area contributed by atoms with Crippen LogP contribution in [-0.4, -0.2) is 239 Å². The Labute approximate surface area is 624 Å². The summed E-state index contributed by atoms with van der Waals surface area (Å²) < 4.78 is 77.3. The lowest BCUT2D eigenvalue weighted by molar-refractivity contribution is -0.384. The molecule has 5 unspecified atom stereocenters. The zero-order valence-electron chi connectivity index (χ0n) is 63.4. The number of esters is 1. The average Bonchev–Trinajstić information content (AvgIpc) is 1.54. The number of nitrogens with two attached hydrogens (primary N) is 1. The summed E-state index contributed by atoms with van der Waals surface area (Å²) in [6.07, 6.45) is 20.4. The van der Waals surface area contributed by atoms with Crippen molar-refractivity contribution >= 4 is 23.9 Å². The Morgan fingerprint density at radius 3 is 1.43 bits per heavy atom. The van der Waals surface area contributed by atoms with Gasteiger partial charge < -0.3 is 87.3 Å². The lowest BCUT2D eigenvalue weighted by Crippen LogP contribution is -2.59. The predicted molar refractivity (Wildman–Crippen MR) is 397 cm³/mol. The molecule has 3 spiro atoms. The fourth-order valence-electron chi connectivity index (χ4n) is 20.2. The number of hydrogen-bond donors (Lipinski definition) is 2. The van der Waals surface area contributed by atoms with Crippen LogP contribution in [0, 0.1) is 57.5 Å². The minimum absolute atomic E-state index is 0. The van der Waals surface area contributed by atoms with E-state index in [1.807, 2.05) is 0 Å². The first-order valence-corrected chi connectivity index (χ1v) is 38.9. The summed E-state index contributed by atoms with van der Waals surface area (Å²) in [5.41, 5.74) is 6.65. The van der Waals surface area contributed by atoms with E-state index in [0.717, 1.165) is 96.8 Å². The Hall–Kier alpha value is -4.67. The summed E-state index contributed by atoms with van der Waals surface area (Å²) in [6, 6.07) is 5.94. The third kappa shape index (κ3) is 18.0. The molecular formula is C81H128N6O18. The van der Waals surface area contributed by atoms with Gasteiger partial charge in [-0.2, -0.15) is 0 Å². The molecule has 3 saturated carbocycles. The van der Waals surface area contributed by atoms with E-state index in [1.165, 1.54) is 100 Å². The molecule has 3 N–H and O–H groups in total. The topological polar surface area (TPSA) is 282 Å². The fraction of sp³-hybridized carbons (Fsp3) is 0.815. The van der Waals surface area contributed by atoms with Crippen LogP contribution < -0.4 is 15.8 Å². The highest BCUT2D eigenvalue weighted by atomic mass is 16.7. The Morgan fingerprint density at radius 2 is 1.05 bits per heavy atom. The quantitative estimate of drug-likeness (QED) is 0.0233. The van der Waals surface area contributed by atoms with Gasteiger partial charge >= 0.3 is 18.2 Å². The van der Waals surface area contributed by atoms with Gasteiger partial charge in [0.25, 0.3) is 5.69 Å². The van der Waals surface area contributed by atoms with E-state index in [1.54, 1.807) is 21.3 Å². The van der Waals surface area contributed by atoms with Gasteiger partial charge in [-0.15, -0.1) is 0 Å². The maximum atomic E-state index is 12.9. The number of nitro groups is 1. The van der Waals surface area contributed by atoms with Gasteiger partial charge in [-0.1, -0.05) is 64.2 Å². The third-order valence-corrected chi connectivity index (χ3v) is 26.5. The van der Waals surface area contributed by atoms with Crippen molar-refractivity contribution in [1.29, 1.82) is 0 Å². The number of piperidine rings is 9. The maximum absolute atomic E-state index is 12.9. The highest BCUT2D eigenvalue weighted by Crippen LogP contribution is 2.63. The molecule has 15 aliphatic heterocycles. The van der Waals surface area contributed by atoms with Crippen LogP contribution in [0.3, 0.4) is 0 Å². The zero-order valence-corrected chi connectivity index (χ0v) is 63.4. The number of alkyl carbamates (subject to hydrolysis) is 1. The molecule has 19 rings (SSSR count). The minimum Gasteiger partial charge on any atom is -0.460 e. The number of ether oxygens (including phenoxy) is 13. The van der Waals surface area contributed by atoms with E-state index in [0.29, 0.717) is 49.2 Å². The SMILES string of the molecule is C.C.CO[C@@H]1[C@H](OC(=O)CC2CN3CCC2CC3)CC[C@]2(CO2)[C@H]1[C@@]1(C)O[C@@H]1CC=C(C)C.CO[C@H]1C([C@@]2(C)O[C@@H]2/C=C/C(C)C)[C@]2(CC[C@H]1OC(=O)Oc1ccc([N+](=O)[O-])cc1)CO2.CO[C@H]1C([C@@]2(C)O[C@@H]2CC=C(C)C)[C@]2(CC[C@H]1OC(=O)NC1CN3CCC1CC3)CO2.NC1CN2CCC1CC2. The van der Waals surface area contributed by atoms with Gasteiger partial charge in [0.05, 0.1) is 54.7 Å². The summed E-state index contributed by atoms with van der Waals surface area (Å²) in [6.45, 7) is 31.7. The summed E-state index contributed by atoms with van der Waals surface area (Å²) in [4.78, 5) is 55.9. The van der Waals surface area contributed by atoms with Crippen LogP contribution in [0.4, 0.5) is 15.3 Å². The van der Waals surface area contributed by atoms with Crippen LogP contribution in [0.2, 0.25) is 0 Å². The molecule has 1 amide bonds. The van der Waals surface area contributed by atoms with Crippen LogP contribution in [0.25, 0.3) is 0 Å². The Bertz CT molecular complexity index is 3100. The highest BCUT2D eigenvalue weighted by Gasteiger charge is 2.75. The van der Waals surface area contributed by atoms with Crippen LogP contribution in [0.5, 0.6) is 5.75 Å². The number of epoxide rings is 6. The van der Waals surface area contributed by atoms with E-state index >= 15 is 0 Å². The van der Waals surface area contributed by atoms with Crippen LogP contribution in [0.1, 0.15) is 173 Å². The summed E-state index contributed by atoms with van der Waals surface area (Å²) in [5, 5.41) is 13.9. The van der Waals surface area contributed by atoms with E-state index in [4.69, 9.17) is 67.3 Å². The first-order valence-electron chi connectivity index (χ1n) is 38.9. The number of carbonyl (C=O) groups excluding carboxylic acids is 3. The normalized spacial score (nSPS) is 43.4. The number of benzene rings is 1. The number of nitro benzene ring substituents is 1. The van der Waals surface area contributed by atoms with E-state index < -0.39 is 28.9 Å². The molecule has 105 heavy (non-hydrogen) atoms. The van der Waals surface area contributed by atoms with E-state index in [9.17, 15) is 24.5 Å². The molecule has 1 aromatic carbocycles. The second kappa shape index (κ2) is 33.1. The van der Waals surface area contributed by atoms with Crippen LogP contribution >= 0.6 is 0 Å². The zero-order chi connectivity index (χ0) is 73.0. The molecule has 1 aromatic rings. The Kier molecular flexibility index (Phi) is 25.6. The summed E-state index contributed by atoms with van der Waals surface area (Å²) in [5.74, 6) is 3.15. The molecule has 15 heterocycles. The van der Waals surface area contributed by atoms with Crippen molar-refractivity contribution in [3.63, 3.8) is 0 Å². The van der Waals surface area contributed by atoms with Crippen molar-refractivity contribution in [2.24, 2.45) is 53.1 Å². The lowest BCUT2D eigenvalue weighted by Gasteiger charge is -2.45. The molecule has 3 aliphatic carbocycles. The largest absolute Gasteiger partial charge is 0.514 e.